The largest absolute Gasteiger partial charge is 0.350 e. The fourth-order valence-corrected chi connectivity index (χ4v) is 2.19. The molecular formula is C15H23NOS. The topological polar surface area (TPSA) is 29.1 Å². The van der Waals surface area contributed by atoms with Crippen LogP contribution < -0.4 is 5.32 Å². The standard InChI is InChI=1S/C15H23NOS/c1-5-10(2)8-12(4)16-15(17)14-9-13(18)7-6-11(14)3/h6-7,9-10,12,18H,5,8H2,1-4H3,(H,16,17). The second-order valence-electron chi connectivity index (χ2n) is 5.12. The molecule has 0 radical (unpaired) electrons. The highest BCUT2D eigenvalue weighted by Crippen LogP contribution is 2.15. The molecule has 0 saturated heterocycles. The van der Waals surface area contributed by atoms with E-state index in [4.69, 9.17) is 0 Å². The summed E-state index contributed by atoms with van der Waals surface area (Å²) in [5.41, 5.74) is 1.71. The Bertz CT molecular complexity index is 417. The quantitative estimate of drug-likeness (QED) is 0.778. The van der Waals surface area contributed by atoms with Crippen molar-refractivity contribution >= 4 is 18.5 Å². The van der Waals surface area contributed by atoms with Crippen molar-refractivity contribution in [2.24, 2.45) is 5.92 Å². The van der Waals surface area contributed by atoms with Crippen molar-refractivity contribution in [3.63, 3.8) is 0 Å². The van der Waals surface area contributed by atoms with Crippen LogP contribution in [0.5, 0.6) is 0 Å². The molecule has 0 aliphatic rings. The number of amides is 1. The molecule has 0 bridgehead atoms. The van der Waals surface area contributed by atoms with Crippen LogP contribution in [-0.4, -0.2) is 11.9 Å². The van der Waals surface area contributed by atoms with E-state index in [1.165, 1.54) is 0 Å². The van der Waals surface area contributed by atoms with Crippen LogP contribution in [0.15, 0.2) is 23.1 Å². The Kier molecular flexibility index (Phi) is 5.73. The average Bonchev–Trinajstić information content (AvgIpc) is 2.31. The van der Waals surface area contributed by atoms with Gasteiger partial charge in [-0.25, -0.2) is 0 Å². The van der Waals surface area contributed by atoms with Crippen molar-refractivity contribution in [1.29, 1.82) is 0 Å². The van der Waals surface area contributed by atoms with Gasteiger partial charge >= 0.3 is 0 Å². The zero-order valence-electron chi connectivity index (χ0n) is 11.7. The minimum absolute atomic E-state index is 0.000738. The third-order valence-electron chi connectivity index (χ3n) is 3.30. The summed E-state index contributed by atoms with van der Waals surface area (Å²) >= 11 is 4.28. The summed E-state index contributed by atoms with van der Waals surface area (Å²) in [4.78, 5) is 13.0. The summed E-state index contributed by atoms with van der Waals surface area (Å²) in [5.74, 6) is 0.636. The predicted molar refractivity (Wildman–Crippen MR) is 79.4 cm³/mol. The molecule has 2 atom stereocenters. The Morgan fingerprint density at radius 3 is 2.67 bits per heavy atom. The maximum atomic E-state index is 12.2. The molecular weight excluding hydrogens is 242 g/mol. The molecule has 0 aromatic heterocycles. The molecule has 1 aromatic rings. The molecule has 1 rings (SSSR count). The summed E-state index contributed by atoms with van der Waals surface area (Å²) in [5, 5.41) is 3.06. The molecule has 2 unspecified atom stereocenters. The number of aryl methyl sites for hydroxylation is 1. The second kappa shape index (κ2) is 6.83. The van der Waals surface area contributed by atoms with Crippen LogP contribution in [0.25, 0.3) is 0 Å². The number of benzene rings is 1. The number of carbonyl (C=O) groups is 1. The van der Waals surface area contributed by atoms with Crippen LogP contribution >= 0.6 is 12.6 Å². The monoisotopic (exact) mass is 265 g/mol. The third-order valence-corrected chi connectivity index (χ3v) is 3.57. The SMILES string of the molecule is CCC(C)CC(C)NC(=O)c1cc(S)ccc1C. The molecule has 2 nitrogen and oxygen atoms in total. The predicted octanol–water partition coefficient (Wildman–Crippen LogP) is 3.84. The van der Waals surface area contributed by atoms with Gasteiger partial charge in [-0.15, -0.1) is 12.6 Å². The van der Waals surface area contributed by atoms with Crippen LogP contribution in [0.4, 0.5) is 0 Å². The average molecular weight is 265 g/mol. The van der Waals surface area contributed by atoms with E-state index in [-0.39, 0.29) is 11.9 Å². The van der Waals surface area contributed by atoms with E-state index in [9.17, 15) is 4.79 Å². The zero-order valence-corrected chi connectivity index (χ0v) is 12.6. The van der Waals surface area contributed by atoms with Gasteiger partial charge in [0, 0.05) is 16.5 Å². The first-order chi connectivity index (χ1) is 8.43. The highest BCUT2D eigenvalue weighted by molar-refractivity contribution is 7.80. The maximum Gasteiger partial charge on any atom is 0.251 e. The Labute approximate surface area is 116 Å². The number of thiol groups is 1. The van der Waals surface area contributed by atoms with Gasteiger partial charge < -0.3 is 5.32 Å². The minimum atomic E-state index is -0.000738. The Morgan fingerprint density at radius 1 is 1.39 bits per heavy atom. The molecule has 0 aliphatic carbocycles. The van der Waals surface area contributed by atoms with Crippen LogP contribution in [0.2, 0.25) is 0 Å². The lowest BCUT2D eigenvalue weighted by molar-refractivity contribution is 0.0934. The summed E-state index contributed by atoms with van der Waals surface area (Å²) < 4.78 is 0. The number of carbonyl (C=O) groups excluding carboxylic acids is 1. The highest BCUT2D eigenvalue weighted by Gasteiger charge is 2.13. The van der Waals surface area contributed by atoms with Gasteiger partial charge in [-0.3, -0.25) is 4.79 Å². The van der Waals surface area contributed by atoms with Gasteiger partial charge in [0.2, 0.25) is 0 Å². The molecule has 0 spiro atoms. The molecule has 1 N–H and O–H groups in total. The minimum Gasteiger partial charge on any atom is -0.350 e. The van der Waals surface area contributed by atoms with Gasteiger partial charge in [0.15, 0.2) is 0 Å². The van der Waals surface area contributed by atoms with E-state index in [1.54, 1.807) is 0 Å². The number of hydrogen-bond donors (Lipinski definition) is 2. The lowest BCUT2D eigenvalue weighted by Gasteiger charge is -2.18. The smallest absolute Gasteiger partial charge is 0.251 e. The molecule has 0 aliphatic heterocycles. The van der Waals surface area contributed by atoms with E-state index < -0.39 is 0 Å². The molecule has 0 fully saturated rings. The van der Waals surface area contributed by atoms with E-state index >= 15 is 0 Å². The molecule has 18 heavy (non-hydrogen) atoms. The van der Waals surface area contributed by atoms with Gasteiger partial charge in [0.25, 0.3) is 5.91 Å². The van der Waals surface area contributed by atoms with Crippen LogP contribution in [0, 0.1) is 12.8 Å². The first kappa shape index (κ1) is 15.1. The van der Waals surface area contributed by atoms with E-state index in [2.05, 4.69) is 38.7 Å². The van der Waals surface area contributed by atoms with Gasteiger partial charge in [0.1, 0.15) is 0 Å². The first-order valence-electron chi connectivity index (χ1n) is 6.54. The summed E-state index contributed by atoms with van der Waals surface area (Å²) in [6, 6.07) is 5.86. The summed E-state index contributed by atoms with van der Waals surface area (Å²) in [6.45, 7) is 8.39. The van der Waals surface area contributed by atoms with Crippen molar-refractivity contribution in [3.05, 3.63) is 29.3 Å². The van der Waals surface area contributed by atoms with Crippen molar-refractivity contribution in [3.8, 4) is 0 Å². The number of rotatable bonds is 5. The Hall–Kier alpha value is -0.960. The van der Waals surface area contributed by atoms with Crippen molar-refractivity contribution in [2.75, 3.05) is 0 Å². The number of hydrogen-bond acceptors (Lipinski definition) is 2. The molecule has 1 aromatic carbocycles. The first-order valence-corrected chi connectivity index (χ1v) is 6.99. The van der Waals surface area contributed by atoms with Gasteiger partial charge in [-0.05, 0) is 43.9 Å². The summed E-state index contributed by atoms with van der Waals surface area (Å²) in [6.07, 6.45) is 2.16. The van der Waals surface area contributed by atoms with Gasteiger partial charge in [-0.1, -0.05) is 26.3 Å². The molecule has 100 valence electrons. The molecule has 0 heterocycles. The van der Waals surface area contributed by atoms with Crippen LogP contribution in [-0.2, 0) is 0 Å². The molecule has 3 heteroatoms. The fraction of sp³-hybridized carbons (Fsp3) is 0.533. The fourth-order valence-electron chi connectivity index (χ4n) is 1.99. The van der Waals surface area contributed by atoms with Crippen LogP contribution in [0.1, 0.15) is 49.5 Å². The van der Waals surface area contributed by atoms with Crippen molar-refractivity contribution < 1.29 is 4.79 Å². The third kappa shape index (κ3) is 4.37. The molecule has 1 amide bonds. The lowest BCUT2D eigenvalue weighted by Crippen LogP contribution is -2.34. The van der Waals surface area contributed by atoms with Crippen molar-refractivity contribution in [1.82, 2.24) is 5.32 Å². The Balaban J connectivity index is 2.67. The van der Waals surface area contributed by atoms with Crippen molar-refractivity contribution in [2.45, 2.75) is 51.5 Å². The summed E-state index contributed by atoms with van der Waals surface area (Å²) in [7, 11) is 0. The second-order valence-corrected chi connectivity index (χ2v) is 5.64. The van der Waals surface area contributed by atoms with Crippen LogP contribution in [0.3, 0.4) is 0 Å². The molecule has 0 saturated carbocycles. The zero-order chi connectivity index (χ0) is 13.7. The maximum absolute atomic E-state index is 12.2. The van der Waals surface area contributed by atoms with E-state index in [1.807, 2.05) is 25.1 Å². The van der Waals surface area contributed by atoms with E-state index in [0.717, 1.165) is 28.9 Å². The number of nitrogens with one attached hydrogen (secondary N) is 1. The highest BCUT2D eigenvalue weighted by atomic mass is 32.1. The van der Waals surface area contributed by atoms with Gasteiger partial charge in [-0.2, -0.15) is 0 Å². The van der Waals surface area contributed by atoms with E-state index in [0.29, 0.717) is 5.92 Å². The Morgan fingerprint density at radius 2 is 2.06 bits per heavy atom. The lowest BCUT2D eigenvalue weighted by atomic mass is 10.00. The normalized spacial score (nSPS) is 14.1. The van der Waals surface area contributed by atoms with Gasteiger partial charge in [0.05, 0.1) is 0 Å².